The monoisotopic (exact) mass is 320 g/mol. The minimum atomic E-state index is -0.174. The van der Waals surface area contributed by atoms with Crippen molar-refractivity contribution in [1.82, 2.24) is 10.2 Å². The van der Waals surface area contributed by atoms with Crippen LogP contribution in [0.1, 0.15) is 45.7 Å². The first kappa shape index (κ1) is 19.0. The van der Waals surface area contributed by atoms with Gasteiger partial charge < -0.3 is 15.0 Å². The third kappa shape index (κ3) is 7.17. The first-order valence-electron chi connectivity index (χ1n) is 8.03. The van der Waals surface area contributed by atoms with E-state index in [1.807, 2.05) is 31.2 Å². The number of rotatable bonds is 8. The first-order chi connectivity index (χ1) is 10.8. The lowest BCUT2D eigenvalue weighted by Gasteiger charge is -2.18. The number of nitrogens with zero attached hydrogens (tertiary/aromatic N) is 1. The summed E-state index contributed by atoms with van der Waals surface area (Å²) in [4.78, 5) is 24.4. The lowest BCUT2D eigenvalue weighted by molar-refractivity contribution is -0.133. The summed E-state index contributed by atoms with van der Waals surface area (Å²) < 4.78 is 5.68. The molecule has 0 spiro atoms. The van der Waals surface area contributed by atoms with Gasteiger partial charge in [0.1, 0.15) is 5.75 Å². The van der Waals surface area contributed by atoms with E-state index in [-0.39, 0.29) is 24.4 Å². The molecule has 1 atom stereocenters. The number of likely N-dealkylation sites (N-methyl/N-ethyl adjacent to an activating group) is 1. The highest BCUT2D eigenvalue weighted by atomic mass is 16.5. The minimum Gasteiger partial charge on any atom is -0.494 e. The summed E-state index contributed by atoms with van der Waals surface area (Å²) in [6.45, 7) is 8.46. The van der Waals surface area contributed by atoms with Gasteiger partial charge in [-0.25, -0.2) is 0 Å². The van der Waals surface area contributed by atoms with E-state index in [1.54, 1.807) is 7.05 Å². The lowest BCUT2D eigenvalue weighted by atomic mass is 10.1. The van der Waals surface area contributed by atoms with E-state index in [9.17, 15) is 9.59 Å². The van der Waals surface area contributed by atoms with Gasteiger partial charge in [-0.15, -0.1) is 0 Å². The molecule has 128 valence electrons. The molecule has 0 saturated carbocycles. The molecule has 0 radical (unpaired) electrons. The average Bonchev–Trinajstić information content (AvgIpc) is 2.47. The molecule has 0 aliphatic rings. The minimum absolute atomic E-state index is 0.0655. The number of hydrogen-bond donors (Lipinski definition) is 1. The van der Waals surface area contributed by atoms with Gasteiger partial charge in [-0.05, 0) is 37.0 Å². The molecule has 0 fully saturated rings. The molecule has 5 nitrogen and oxygen atoms in total. The summed E-state index contributed by atoms with van der Waals surface area (Å²) in [6, 6.07) is 7.61. The maximum Gasteiger partial charge on any atom is 0.240 e. The molecule has 0 heterocycles. The molecule has 0 bridgehead atoms. The molecule has 1 unspecified atom stereocenters. The van der Waals surface area contributed by atoms with Crippen LogP contribution in [0.3, 0.4) is 0 Å². The molecule has 0 aromatic heterocycles. The van der Waals surface area contributed by atoms with Gasteiger partial charge in [0.15, 0.2) is 0 Å². The van der Waals surface area contributed by atoms with Crippen LogP contribution in [0.4, 0.5) is 0 Å². The third-order valence-electron chi connectivity index (χ3n) is 3.64. The molecule has 1 aromatic rings. The van der Waals surface area contributed by atoms with E-state index in [4.69, 9.17) is 4.74 Å². The zero-order valence-electron chi connectivity index (χ0n) is 14.8. The predicted molar refractivity (Wildman–Crippen MR) is 91.3 cm³/mol. The van der Waals surface area contributed by atoms with Crippen LogP contribution in [-0.2, 0) is 9.59 Å². The zero-order chi connectivity index (χ0) is 17.4. The first-order valence-corrected chi connectivity index (χ1v) is 8.03. The van der Waals surface area contributed by atoms with E-state index >= 15 is 0 Å². The number of carbonyl (C=O) groups is 2. The van der Waals surface area contributed by atoms with Crippen LogP contribution in [0.15, 0.2) is 24.3 Å². The van der Waals surface area contributed by atoms with E-state index < -0.39 is 0 Å². The standard InChI is InChI=1S/C18H28N2O3/c1-13(2)10-11-23-17-8-6-16(7-9-17)14(3)19-18(22)12-20(5)15(4)21/h6-9,13-14H,10-12H2,1-5H3,(H,19,22). The second-order valence-electron chi connectivity index (χ2n) is 6.26. The van der Waals surface area contributed by atoms with Gasteiger partial charge in [0.2, 0.25) is 11.8 Å². The molecule has 23 heavy (non-hydrogen) atoms. The van der Waals surface area contributed by atoms with Crippen molar-refractivity contribution in [3.05, 3.63) is 29.8 Å². The molecular formula is C18H28N2O3. The van der Waals surface area contributed by atoms with Crippen molar-refractivity contribution >= 4 is 11.8 Å². The van der Waals surface area contributed by atoms with Gasteiger partial charge in [0.25, 0.3) is 0 Å². The third-order valence-corrected chi connectivity index (χ3v) is 3.64. The Bertz CT molecular complexity index is 512. The highest BCUT2D eigenvalue weighted by molar-refractivity contribution is 5.83. The number of nitrogens with one attached hydrogen (secondary N) is 1. The topological polar surface area (TPSA) is 58.6 Å². The Morgan fingerprint density at radius 2 is 1.78 bits per heavy atom. The second-order valence-corrected chi connectivity index (χ2v) is 6.26. The fraction of sp³-hybridized carbons (Fsp3) is 0.556. The van der Waals surface area contributed by atoms with Crippen LogP contribution in [0.2, 0.25) is 0 Å². The summed E-state index contributed by atoms with van der Waals surface area (Å²) >= 11 is 0. The molecule has 0 aliphatic heterocycles. The van der Waals surface area contributed by atoms with Gasteiger partial charge in [0.05, 0.1) is 19.2 Å². The quantitative estimate of drug-likeness (QED) is 0.801. The van der Waals surface area contributed by atoms with Gasteiger partial charge in [-0.1, -0.05) is 26.0 Å². The van der Waals surface area contributed by atoms with E-state index in [2.05, 4.69) is 19.2 Å². The number of carbonyl (C=O) groups excluding carboxylic acids is 2. The van der Waals surface area contributed by atoms with Crippen LogP contribution in [0.5, 0.6) is 5.75 Å². The maximum absolute atomic E-state index is 11.9. The van der Waals surface area contributed by atoms with Crippen LogP contribution in [-0.4, -0.2) is 36.9 Å². The Kier molecular flexibility index (Phi) is 7.59. The van der Waals surface area contributed by atoms with Crippen molar-refractivity contribution in [2.75, 3.05) is 20.2 Å². The molecule has 1 rings (SSSR count). The summed E-state index contributed by atoms with van der Waals surface area (Å²) in [7, 11) is 1.61. The summed E-state index contributed by atoms with van der Waals surface area (Å²) in [5, 5.41) is 2.89. The number of amides is 2. The Labute approximate surface area is 139 Å². The van der Waals surface area contributed by atoms with Crippen molar-refractivity contribution in [3.8, 4) is 5.75 Å². The van der Waals surface area contributed by atoms with Gasteiger partial charge in [-0.3, -0.25) is 9.59 Å². The largest absolute Gasteiger partial charge is 0.494 e. The number of ether oxygens (including phenoxy) is 1. The van der Waals surface area contributed by atoms with E-state index in [0.717, 1.165) is 17.7 Å². The average molecular weight is 320 g/mol. The lowest BCUT2D eigenvalue weighted by Crippen LogP contribution is -2.38. The highest BCUT2D eigenvalue weighted by Gasteiger charge is 2.13. The van der Waals surface area contributed by atoms with Crippen LogP contribution in [0.25, 0.3) is 0 Å². The van der Waals surface area contributed by atoms with E-state index in [1.165, 1.54) is 11.8 Å². The van der Waals surface area contributed by atoms with Crippen molar-refractivity contribution in [1.29, 1.82) is 0 Å². The number of hydrogen-bond acceptors (Lipinski definition) is 3. The van der Waals surface area contributed by atoms with Gasteiger partial charge in [-0.2, -0.15) is 0 Å². The molecular weight excluding hydrogens is 292 g/mol. The van der Waals surface area contributed by atoms with Crippen molar-refractivity contribution < 1.29 is 14.3 Å². The smallest absolute Gasteiger partial charge is 0.240 e. The maximum atomic E-state index is 11.9. The fourth-order valence-electron chi connectivity index (χ4n) is 1.96. The zero-order valence-corrected chi connectivity index (χ0v) is 14.8. The molecule has 1 N–H and O–H groups in total. The van der Waals surface area contributed by atoms with Crippen LogP contribution >= 0.6 is 0 Å². The molecule has 0 aliphatic carbocycles. The normalized spacial score (nSPS) is 11.9. The Morgan fingerprint density at radius 1 is 1.17 bits per heavy atom. The molecule has 5 heteroatoms. The molecule has 0 saturated heterocycles. The van der Waals surface area contributed by atoms with Crippen molar-refractivity contribution in [2.45, 2.75) is 40.2 Å². The van der Waals surface area contributed by atoms with Crippen molar-refractivity contribution in [2.24, 2.45) is 5.92 Å². The van der Waals surface area contributed by atoms with E-state index in [0.29, 0.717) is 12.5 Å². The molecule has 2 amide bonds. The number of benzene rings is 1. The van der Waals surface area contributed by atoms with Gasteiger partial charge >= 0.3 is 0 Å². The van der Waals surface area contributed by atoms with Crippen molar-refractivity contribution in [3.63, 3.8) is 0 Å². The molecule has 1 aromatic carbocycles. The Hall–Kier alpha value is -2.04. The predicted octanol–water partition coefficient (Wildman–Crippen LogP) is 2.77. The Morgan fingerprint density at radius 3 is 2.30 bits per heavy atom. The van der Waals surface area contributed by atoms with Gasteiger partial charge in [0, 0.05) is 14.0 Å². The SMILES string of the molecule is CC(=O)N(C)CC(=O)NC(C)c1ccc(OCCC(C)C)cc1. The highest BCUT2D eigenvalue weighted by Crippen LogP contribution is 2.18. The Balaban J connectivity index is 2.48. The summed E-state index contributed by atoms with van der Waals surface area (Å²) in [6.07, 6.45) is 1.03. The van der Waals surface area contributed by atoms with Crippen LogP contribution in [0, 0.1) is 5.92 Å². The second kappa shape index (κ2) is 9.18. The fourth-order valence-corrected chi connectivity index (χ4v) is 1.96. The summed E-state index contributed by atoms with van der Waals surface area (Å²) in [5.41, 5.74) is 1.00. The van der Waals surface area contributed by atoms with Crippen LogP contribution < -0.4 is 10.1 Å². The summed E-state index contributed by atoms with van der Waals surface area (Å²) in [5.74, 6) is 1.16.